The fourth-order valence-electron chi connectivity index (χ4n) is 4.61. The minimum atomic E-state index is -0.505. The standard InChI is InChI=1S/C22H24N2O5/c1-13(25)14-2-5-22(23-9-14)24-10-15-6-18(26)20(7-16(15)11-24)29-17-3-4-19-21(8-17)28-12-27-19/h2-5,8-9,15-16,18,20,26H,6-7,10-12H2,1H3/t15-,16+,18+,20+/m0/s1. The summed E-state index contributed by atoms with van der Waals surface area (Å²) >= 11 is 0. The minimum Gasteiger partial charge on any atom is -0.488 e. The predicted molar refractivity (Wildman–Crippen MR) is 106 cm³/mol. The molecule has 2 aromatic rings. The zero-order valence-corrected chi connectivity index (χ0v) is 16.3. The lowest BCUT2D eigenvalue weighted by Crippen LogP contribution is -2.42. The molecule has 3 heterocycles. The second-order valence-electron chi connectivity index (χ2n) is 8.10. The number of fused-ring (bicyclic) bond motifs is 2. The Hall–Kier alpha value is -2.80. The largest absolute Gasteiger partial charge is 0.488 e. The molecule has 152 valence electrons. The normalized spacial score (nSPS) is 27.6. The Balaban J connectivity index is 1.25. The lowest BCUT2D eigenvalue weighted by molar-refractivity contribution is -0.0232. The first kappa shape index (κ1) is 18.2. The Kier molecular flexibility index (Phi) is 4.54. The van der Waals surface area contributed by atoms with E-state index in [-0.39, 0.29) is 18.7 Å². The summed E-state index contributed by atoms with van der Waals surface area (Å²) in [7, 11) is 0. The maximum Gasteiger partial charge on any atom is 0.231 e. The van der Waals surface area contributed by atoms with E-state index in [0.29, 0.717) is 35.3 Å². The maximum absolute atomic E-state index is 11.5. The van der Waals surface area contributed by atoms with Gasteiger partial charge in [0.1, 0.15) is 17.7 Å². The van der Waals surface area contributed by atoms with Crippen LogP contribution in [-0.2, 0) is 0 Å². The SMILES string of the molecule is CC(=O)c1ccc(N2C[C@H]3C[C@@H](Oc4ccc5c(c4)OCO5)[C@H](O)C[C@H]3C2)nc1. The van der Waals surface area contributed by atoms with Gasteiger partial charge < -0.3 is 24.2 Å². The zero-order chi connectivity index (χ0) is 20.0. The first-order valence-electron chi connectivity index (χ1n) is 10.0. The maximum atomic E-state index is 11.5. The van der Waals surface area contributed by atoms with Crippen molar-refractivity contribution in [1.29, 1.82) is 0 Å². The molecule has 5 rings (SSSR count). The van der Waals surface area contributed by atoms with Gasteiger partial charge in [0.15, 0.2) is 17.3 Å². The number of nitrogens with zero attached hydrogens (tertiary/aromatic N) is 2. The van der Waals surface area contributed by atoms with Crippen LogP contribution in [0, 0.1) is 11.8 Å². The van der Waals surface area contributed by atoms with Gasteiger partial charge in [0.2, 0.25) is 6.79 Å². The molecule has 4 atom stereocenters. The molecule has 0 unspecified atom stereocenters. The number of hydrogen-bond donors (Lipinski definition) is 1. The third kappa shape index (κ3) is 3.51. The molecule has 0 amide bonds. The number of carbonyl (C=O) groups is 1. The van der Waals surface area contributed by atoms with Crippen LogP contribution in [0.25, 0.3) is 0 Å². The van der Waals surface area contributed by atoms with E-state index in [1.807, 2.05) is 30.3 Å². The number of hydrogen-bond acceptors (Lipinski definition) is 7. The second-order valence-corrected chi connectivity index (χ2v) is 8.10. The average molecular weight is 396 g/mol. The van der Waals surface area contributed by atoms with Crippen molar-refractivity contribution in [2.75, 3.05) is 24.8 Å². The van der Waals surface area contributed by atoms with Gasteiger partial charge in [-0.05, 0) is 55.9 Å². The third-order valence-corrected chi connectivity index (χ3v) is 6.19. The van der Waals surface area contributed by atoms with Crippen LogP contribution in [0.15, 0.2) is 36.5 Å². The number of ketones is 1. The van der Waals surface area contributed by atoms with Crippen LogP contribution in [0.1, 0.15) is 30.1 Å². The van der Waals surface area contributed by atoms with Gasteiger partial charge in [0.25, 0.3) is 0 Å². The van der Waals surface area contributed by atoms with Crippen LogP contribution in [0.2, 0.25) is 0 Å². The highest BCUT2D eigenvalue weighted by molar-refractivity contribution is 5.93. The molecule has 2 fully saturated rings. The van der Waals surface area contributed by atoms with Crippen molar-refractivity contribution >= 4 is 11.6 Å². The minimum absolute atomic E-state index is 0.0192. The molecule has 7 nitrogen and oxygen atoms in total. The van der Waals surface area contributed by atoms with Crippen molar-refractivity contribution in [2.45, 2.75) is 32.0 Å². The summed E-state index contributed by atoms with van der Waals surface area (Å²) in [6.07, 6.45) is 2.39. The lowest BCUT2D eigenvalue weighted by Gasteiger charge is -2.35. The van der Waals surface area contributed by atoms with Crippen molar-refractivity contribution in [3.63, 3.8) is 0 Å². The Labute approximate surface area is 169 Å². The molecule has 7 heteroatoms. The Morgan fingerprint density at radius 1 is 1.14 bits per heavy atom. The van der Waals surface area contributed by atoms with Crippen molar-refractivity contribution < 1.29 is 24.1 Å². The number of benzene rings is 1. The van der Waals surface area contributed by atoms with Crippen molar-refractivity contribution in [3.05, 3.63) is 42.1 Å². The fraction of sp³-hybridized carbons (Fsp3) is 0.455. The second kappa shape index (κ2) is 7.22. The van der Waals surface area contributed by atoms with Crippen molar-refractivity contribution in [2.24, 2.45) is 11.8 Å². The van der Waals surface area contributed by atoms with Gasteiger partial charge in [0.05, 0.1) is 6.10 Å². The molecule has 0 bridgehead atoms. The van der Waals surface area contributed by atoms with Crippen molar-refractivity contribution in [1.82, 2.24) is 4.98 Å². The molecule has 2 aliphatic heterocycles. The van der Waals surface area contributed by atoms with Gasteiger partial charge in [-0.3, -0.25) is 4.79 Å². The van der Waals surface area contributed by atoms with E-state index < -0.39 is 6.10 Å². The van der Waals surface area contributed by atoms with Crippen LogP contribution >= 0.6 is 0 Å². The van der Waals surface area contributed by atoms with Crippen molar-refractivity contribution in [3.8, 4) is 17.2 Å². The molecule has 1 aliphatic carbocycles. The van der Waals surface area contributed by atoms with Crippen LogP contribution in [0.3, 0.4) is 0 Å². The number of anilines is 1. The monoisotopic (exact) mass is 396 g/mol. The first-order chi connectivity index (χ1) is 14.1. The zero-order valence-electron chi connectivity index (χ0n) is 16.3. The van der Waals surface area contributed by atoms with E-state index in [4.69, 9.17) is 14.2 Å². The summed E-state index contributed by atoms with van der Waals surface area (Å²) in [4.78, 5) is 18.2. The molecule has 1 saturated carbocycles. The molecule has 1 aromatic heterocycles. The molecule has 0 spiro atoms. The predicted octanol–water partition coefficient (Wildman–Crippen LogP) is 2.67. The smallest absolute Gasteiger partial charge is 0.231 e. The number of rotatable bonds is 4. The van der Waals surface area contributed by atoms with E-state index >= 15 is 0 Å². The van der Waals surface area contributed by atoms with Crippen LogP contribution in [0.4, 0.5) is 5.82 Å². The Morgan fingerprint density at radius 2 is 1.93 bits per heavy atom. The molecular weight excluding hydrogens is 372 g/mol. The molecule has 0 radical (unpaired) electrons. The number of ether oxygens (including phenoxy) is 3. The van der Waals surface area contributed by atoms with Crippen LogP contribution < -0.4 is 19.1 Å². The summed E-state index contributed by atoms with van der Waals surface area (Å²) in [5, 5.41) is 10.7. The highest BCUT2D eigenvalue weighted by Crippen LogP contribution is 2.41. The molecule has 29 heavy (non-hydrogen) atoms. The van der Waals surface area contributed by atoms with E-state index in [2.05, 4.69) is 9.88 Å². The number of Topliss-reactive ketones (excluding diaryl/α,β-unsaturated/α-hetero) is 1. The summed E-state index contributed by atoms with van der Waals surface area (Å²) in [6, 6.07) is 9.25. The number of carbonyl (C=O) groups excluding carboxylic acids is 1. The lowest BCUT2D eigenvalue weighted by atomic mass is 9.78. The summed E-state index contributed by atoms with van der Waals surface area (Å²) in [5.41, 5.74) is 0.623. The van der Waals surface area contributed by atoms with Gasteiger partial charge in [-0.25, -0.2) is 4.98 Å². The number of pyridine rings is 1. The highest BCUT2D eigenvalue weighted by atomic mass is 16.7. The van der Waals surface area contributed by atoms with E-state index in [9.17, 15) is 9.90 Å². The number of aliphatic hydroxyl groups is 1. The summed E-state index contributed by atoms with van der Waals surface area (Å²) in [5.74, 6) is 3.84. The Morgan fingerprint density at radius 3 is 2.69 bits per heavy atom. The number of aromatic nitrogens is 1. The average Bonchev–Trinajstić information content (AvgIpc) is 3.34. The van der Waals surface area contributed by atoms with Gasteiger partial charge in [-0.15, -0.1) is 0 Å². The van der Waals surface area contributed by atoms with Gasteiger partial charge in [-0.1, -0.05) is 0 Å². The summed E-state index contributed by atoms with van der Waals surface area (Å²) in [6.45, 7) is 3.52. The topological polar surface area (TPSA) is 81.1 Å². The highest BCUT2D eigenvalue weighted by Gasteiger charge is 2.43. The molecule has 3 aliphatic rings. The molecule has 1 N–H and O–H groups in total. The molecule has 1 saturated heterocycles. The van der Waals surface area contributed by atoms with E-state index in [0.717, 1.165) is 31.1 Å². The molecular formula is C22H24N2O5. The van der Waals surface area contributed by atoms with E-state index in [1.54, 1.807) is 13.1 Å². The van der Waals surface area contributed by atoms with Gasteiger partial charge in [-0.2, -0.15) is 0 Å². The Bertz CT molecular complexity index is 916. The summed E-state index contributed by atoms with van der Waals surface area (Å²) < 4.78 is 16.9. The van der Waals surface area contributed by atoms with Gasteiger partial charge in [0, 0.05) is 30.9 Å². The quantitative estimate of drug-likeness (QED) is 0.796. The van der Waals surface area contributed by atoms with Gasteiger partial charge >= 0.3 is 0 Å². The third-order valence-electron chi connectivity index (χ3n) is 6.19. The van der Waals surface area contributed by atoms with Crippen LogP contribution in [-0.4, -0.2) is 48.0 Å². The first-order valence-corrected chi connectivity index (χ1v) is 10.0. The van der Waals surface area contributed by atoms with E-state index in [1.165, 1.54) is 0 Å². The van der Waals surface area contributed by atoms with Crippen LogP contribution in [0.5, 0.6) is 17.2 Å². The number of aliphatic hydroxyl groups excluding tert-OH is 1. The fourth-order valence-corrected chi connectivity index (χ4v) is 4.61. The molecule has 1 aromatic carbocycles.